The number of pyridine rings is 1. The highest BCUT2D eigenvalue weighted by Gasteiger charge is 2.10. The Kier molecular flexibility index (Phi) is 6.90. The van der Waals surface area contributed by atoms with E-state index in [2.05, 4.69) is 12.2 Å². The Bertz CT molecular complexity index is 832. The summed E-state index contributed by atoms with van der Waals surface area (Å²) in [4.78, 5) is 33.9. The van der Waals surface area contributed by atoms with Crippen LogP contribution in [0.3, 0.4) is 0 Å². The minimum Gasteiger partial charge on any atom is -0.494 e. The molecule has 0 radical (unpaired) electrons. The van der Waals surface area contributed by atoms with E-state index in [1.807, 2.05) is 24.3 Å². The number of nitrogens with zero attached hydrogens (tertiary/aromatic N) is 2. The van der Waals surface area contributed by atoms with Crippen LogP contribution in [0.5, 0.6) is 5.75 Å². The Balaban J connectivity index is 1.93. The van der Waals surface area contributed by atoms with E-state index in [4.69, 9.17) is 4.74 Å². The van der Waals surface area contributed by atoms with Crippen LogP contribution in [0.1, 0.15) is 25.3 Å². The number of carbonyl (C=O) groups excluding carboxylic acids is 1. The molecule has 0 aliphatic rings. The molecular weight excluding hydrogens is 338 g/mol. The molecule has 0 aliphatic carbocycles. The van der Waals surface area contributed by atoms with Crippen LogP contribution in [0.25, 0.3) is 0 Å². The Hall–Kier alpha value is -3.16. The van der Waals surface area contributed by atoms with E-state index in [1.54, 1.807) is 0 Å². The van der Waals surface area contributed by atoms with Crippen molar-refractivity contribution >= 4 is 11.6 Å². The minimum atomic E-state index is -0.613. The van der Waals surface area contributed by atoms with Gasteiger partial charge < -0.3 is 10.1 Å². The lowest BCUT2D eigenvalue weighted by Gasteiger charge is -2.09. The van der Waals surface area contributed by atoms with Crippen molar-refractivity contribution < 1.29 is 14.5 Å². The van der Waals surface area contributed by atoms with Gasteiger partial charge >= 0.3 is 0 Å². The summed E-state index contributed by atoms with van der Waals surface area (Å²) in [5.74, 6) is 0.324. The third-order valence-corrected chi connectivity index (χ3v) is 3.65. The fourth-order valence-electron chi connectivity index (χ4n) is 2.24. The number of aromatic nitrogens is 1. The van der Waals surface area contributed by atoms with Crippen LogP contribution in [0.15, 0.2) is 47.4 Å². The average molecular weight is 359 g/mol. The van der Waals surface area contributed by atoms with Crippen molar-refractivity contribution in [2.75, 3.05) is 6.61 Å². The van der Waals surface area contributed by atoms with E-state index in [0.717, 1.165) is 47.1 Å². The Morgan fingerprint density at radius 3 is 2.85 bits per heavy atom. The van der Waals surface area contributed by atoms with Crippen molar-refractivity contribution in [1.29, 1.82) is 0 Å². The van der Waals surface area contributed by atoms with E-state index >= 15 is 0 Å². The number of nitro groups is 1. The summed E-state index contributed by atoms with van der Waals surface area (Å²) in [6, 6.07) is 9.57. The zero-order chi connectivity index (χ0) is 18.9. The van der Waals surface area contributed by atoms with Crippen molar-refractivity contribution in [3.63, 3.8) is 0 Å². The van der Waals surface area contributed by atoms with E-state index in [-0.39, 0.29) is 18.8 Å². The Labute approximate surface area is 150 Å². The first kappa shape index (κ1) is 19.2. The molecule has 0 spiro atoms. The topological polar surface area (TPSA) is 103 Å². The predicted octanol–water partition coefficient (Wildman–Crippen LogP) is 2.25. The van der Waals surface area contributed by atoms with Gasteiger partial charge in [0.1, 0.15) is 12.3 Å². The highest BCUT2D eigenvalue weighted by atomic mass is 16.6. The molecule has 1 N–H and O–H groups in total. The summed E-state index contributed by atoms with van der Waals surface area (Å²) in [5.41, 5.74) is 0.144. The second kappa shape index (κ2) is 9.36. The van der Waals surface area contributed by atoms with Crippen molar-refractivity contribution in [1.82, 2.24) is 9.88 Å². The summed E-state index contributed by atoms with van der Waals surface area (Å²) < 4.78 is 6.63. The zero-order valence-electron chi connectivity index (χ0n) is 14.5. The number of unbranched alkanes of at least 4 members (excludes halogenated alkanes) is 1. The van der Waals surface area contributed by atoms with Crippen LogP contribution >= 0.6 is 0 Å². The molecule has 0 aliphatic heterocycles. The number of rotatable bonds is 9. The molecule has 0 bridgehead atoms. The smallest absolute Gasteiger partial charge is 0.285 e. The Morgan fingerprint density at radius 1 is 1.31 bits per heavy atom. The van der Waals surface area contributed by atoms with Crippen molar-refractivity contribution in [3.05, 3.63) is 68.6 Å². The quantitative estimate of drug-likeness (QED) is 0.420. The third kappa shape index (κ3) is 5.73. The maximum absolute atomic E-state index is 12.0. The molecule has 138 valence electrons. The average Bonchev–Trinajstić information content (AvgIpc) is 2.62. The number of hydrogen-bond acceptors (Lipinski definition) is 5. The van der Waals surface area contributed by atoms with E-state index in [0.29, 0.717) is 6.61 Å². The second-order valence-corrected chi connectivity index (χ2v) is 5.74. The van der Waals surface area contributed by atoms with Crippen molar-refractivity contribution in [3.8, 4) is 5.75 Å². The molecule has 1 aromatic heterocycles. The van der Waals surface area contributed by atoms with Gasteiger partial charge in [0.25, 0.3) is 11.2 Å². The lowest BCUT2D eigenvalue weighted by atomic mass is 10.2. The summed E-state index contributed by atoms with van der Waals surface area (Å²) in [6.07, 6.45) is 3.08. The summed E-state index contributed by atoms with van der Waals surface area (Å²) in [7, 11) is 0. The van der Waals surface area contributed by atoms with Crippen LogP contribution in [0.4, 0.5) is 5.69 Å². The molecule has 2 rings (SSSR count). The molecule has 8 heteroatoms. The number of carbonyl (C=O) groups is 1. The molecule has 26 heavy (non-hydrogen) atoms. The number of ether oxygens (including phenoxy) is 1. The van der Waals surface area contributed by atoms with Gasteiger partial charge in [0.15, 0.2) is 0 Å². The maximum Gasteiger partial charge on any atom is 0.285 e. The summed E-state index contributed by atoms with van der Waals surface area (Å²) >= 11 is 0. The monoisotopic (exact) mass is 359 g/mol. The van der Waals surface area contributed by atoms with Crippen LogP contribution in [0.2, 0.25) is 0 Å². The lowest BCUT2D eigenvalue weighted by Crippen LogP contribution is -2.31. The highest BCUT2D eigenvalue weighted by Crippen LogP contribution is 2.13. The number of benzene rings is 1. The molecule has 0 fully saturated rings. The molecule has 1 amide bonds. The Morgan fingerprint density at radius 2 is 2.12 bits per heavy atom. The van der Waals surface area contributed by atoms with Crippen LogP contribution in [-0.2, 0) is 17.9 Å². The van der Waals surface area contributed by atoms with E-state index in [9.17, 15) is 19.7 Å². The largest absolute Gasteiger partial charge is 0.494 e. The number of nitrogens with one attached hydrogen (secondary N) is 1. The number of amides is 1. The van der Waals surface area contributed by atoms with Gasteiger partial charge in [-0.2, -0.15) is 0 Å². The summed E-state index contributed by atoms with van der Waals surface area (Å²) in [6.45, 7) is 2.71. The van der Waals surface area contributed by atoms with Gasteiger partial charge in [0.05, 0.1) is 17.7 Å². The van der Waals surface area contributed by atoms with Gasteiger partial charge in [-0.05, 0) is 24.1 Å². The van der Waals surface area contributed by atoms with Gasteiger partial charge in [0, 0.05) is 18.7 Å². The molecule has 8 nitrogen and oxygen atoms in total. The van der Waals surface area contributed by atoms with Crippen LogP contribution in [-0.4, -0.2) is 22.0 Å². The molecular formula is C18H21N3O5. The first-order valence-corrected chi connectivity index (χ1v) is 8.33. The lowest BCUT2D eigenvalue weighted by molar-refractivity contribution is -0.385. The molecule has 0 saturated heterocycles. The second-order valence-electron chi connectivity index (χ2n) is 5.74. The normalized spacial score (nSPS) is 10.3. The molecule has 0 saturated carbocycles. The SMILES string of the molecule is CCCCOc1cccc(CNC(=O)Cn2cc([N+](=O)[O-])ccc2=O)c1. The van der Waals surface area contributed by atoms with Crippen molar-refractivity contribution in [2.45, 2.75) is 32.9 Å². The molecule has 2 aromatic rings. The maximum atomic E-state index is 12.0. The van der Waals surface area contributed by atoms with E-state index in [1.165, 1.54) is 0 Å². The molecule has 0 unspecified atom stereocenters. The van der Waals surface area contributed by atoms with Gasteiger partial charge in [-0.15, -0.1) is 0 Å². The van der Waals surface area contributed by atoms with Gasteiger partial charge in [-0.3, -0.25) is 24.3 Å². The third-order valence-electron chi connectivity index (χ3n) is 3.65. The molecule has 1 aromatic carbocycles. The van der Waals surface area contributed by atoms with Gasteiger partial charge in [-0.1, -0.05) is 25.5 Å². The fourth-order valence-corrected chi connectivity index (χ4v) is 2.24. The first-order valence-electron chi connectivity index (χ1n) is 8.33. The van der Waals surface area contributed by atoms with Crippen molar-refractivity contribution in [2.24, 2.45) is 0 Å². The highest BCUT2D eigenvalue weighted by molar-refractivity contribution is 5.75. The van der Waals surface area contributed by atoms with Gasteiger partial charge in [0.2, 0.25) is 5.91 Å². The number of hydrogen-bond donors (Lipinski definition) is 1. The van der Waals surface area contributed by atoms with E-state index < -0.39 is 16.4 Å². The molecule has 0 atom stereocenters. The molecule has 1 heterocycles. The fraction of sp³-hybridized carbons (Fsp3) is 0.333. The van der Waals surface area contributed by atoms with Crippen LogP contribution in [0, 0.1) is 10.1 Å². The van der Waals surface area contributed by atoms with Crippen LogP contribution < -0.4 is 15.6 Å². The zero-order valence-corrected chi connectivity index (χ0v) is 14.5. The van der Waals surface area contributed by atoms with Gasteiger partial charge in [-0.25, -0.2) is 0 Å². The predicted molar refractivity (Wildman–Crippen MR) is 96.0 cm³/mol. The summed E-state index contributed by atoms with van der Waals surface area (Å²) in [5, 5.41) is 13.5. The standard InChI is InChI=1S/C18H21N3O5/c1-2-3-9-26-16-6-4-5-14(10-16)11-19-17(22)13-20-12-15(21(24)25)7-8-18(20)23/h4-8,10,12H,2-3,9,11,13H2,1H3,(H,19,22). The first-order chi connectivity index (χ1) is 12.5. The minimum absolute atomic E-state index is 0.241.